The van der Waals surface area contributed by atoms with Gasteiger partial charge in [0.05, 0.1) is 20.8 Å². The van der Waals surface area contributed by atoms with E-state index in [0.29, 0.717) is 49.1 Å². The Morgan fingerprint density at radius 2 is 1.77 bits per heavy atom. The average molecular weight is 419 g/mol. The largest absolute Gasteiger partial charge is 0.493 e. The van der Waals surface area contributed by atoms with Gasteiger partial charge in [-0.15, -0.1) is 0 Å². The molecule has 0 unspecified atom stereocenters. The molecule has 7 heteroatoms. The second-order valence-electron chi connectivity index (χ2n) is 7.16. The van der Waals surface area contributed by atoms with Crippen molar-refractivity contribution in [2.45, 2.75) is 19.6 Å². The molecule has 1 amide bonds. The highest BCUT2D eigenvalue weighted by Gasteiger charge is 2.27. The van der Waals surface area contributed by atoms with Crippen molar-refractivity contribution in [1.82, 2.24) is 10.0 Å². The van der Waals surface area contributed by atoms with Crippen molar-refractivity contribution in [2.75, 3.05) is 26.1 Å². The smallest absolute Gasteiger partial charge is 0.296 e. The summed E-state index contributed by atoms with van der Waals surface area (Å²) >= 11 is 0. The Bertz CT molecular complexity index is 1060. The van der Waals surface area contributed by atoms with Crippen LogP contribution in [0.5, 0.6) is 11.5 Å². The zero-order chi connectivity index (χ0) is 21.6. The van der Waals surface area contributed by atoms with E-state index >= 15 is 0 Å². The summed E-state index contributed by atoms with van der Waals surface area (Å²) in [6.07, 6.45) is 0.707. The van der Waals surface area contributed by atoms with Crippen LogP contribution >= 0.6 is 0 Å². The van der Waals surface area contributed by atoms with Gasteiger partial charge in [-0.2, -0.15) is 0 Å². The number of nitrogens with zero attached hydrogens (tertiary/aromatic N) is 2. The number of ether oxygens (including phenoxy) is 2. The Morgan fingerprint density at radius 1 is 0.968 bits per heavy atom. The number of hydrogen-bond acceptors (Lipinski definition) is 6. The number of rotatable bonds is 8. The third-order valence-electron chi connectivity index (χ3n) is 5.14. The van der Waals surface area contributed by atoms with Crippen molar-refractivity contribution in [2.24, 2.45) is 0 Å². The first kappa shape index (κ1) is 20.7. The van der Waals surface area contributed by atoms with Crippen LogP contribution in [0.3, 0.4) is 0 Å². The fraction of sp³-hybridized carbons (Fsp3) is 0.250. The number of hydrogen-bond donors (Lipinski definition) is 1. The number of pyridine rings is 1. The summed E-state index contributed by atoms with van der Waals surface area (Å²) in [6.45, 7) is 1.40. The number of benzene rings is 2. The van der Waals surface area contributed by atoms with Crippen molar-refractivity contribution in [3.63, 3.8) is 0 Å². The molecule has 0 fully saturated rings. The molecule has 0 aliphatic carbocycles. The Morgan fingerprint density at radius 3 is 2.55 bits per heavy atom. The molecule has 1 aliphatic heterocycles. The van der Waals surface area contributed by atoms with Crippen LogP contribution < -0.4 is 14.8 Å². The highest BCUT2D eigenvalue weighted by Crippen LogP contribution is 2.28. The molecule has 0 spiro atoms. The van der Waals surface area contributed by atoms with Gasteiger partial charge in [0.1, 0.15) is 18.1 Å². The Hall–Kier alpha value is -3.58. The minimum atomic E-state index is -0.216. The number of carbonyl (C=O) groups excluding carboxylic acids is 1. The van der Waals surface area contributed by atoms with Gasteiger partial charge >= 0.3 is 0 Å². The highest BCUT2D eigenvalue weighted by atomic mass is 16.7. The predicted octanol–water partition coefficient (Wildman–Crippen LogP) is 3.84. The predicted molar refractivity (Wildman–Crippen MR) is 117 cm³/mol. The van der Waals surface area contributed by atoms with Crippen molar-refractivity contribution in [3.8, 4) is 11.5 Å². The van der Waals surface area contributed by atoms with Gasteiger partial charge in [-0.3, -0.25) is 9.63 Å². The topological polar surface area (TPSA) is 72.9 Å². The molecule has 1 aliphatic rings. The summed E-state index contributed by atoms with van der Waals surface area (Å²) in [4.78, 5) is 23.2. The molecule has 2 heterocycles. The summed E-state index contributed by atoms with van der Waals surface area (Å²) in [6, 6.07) is 19.4. The van der Waals surface area contributed by atoms with Gasteiger partial charge in [-0.25, -0.2) is 10.0 Å². The molecular weight excluding hydrogens is 394 g/mol. The molecule has 0 atom stereocenters. The number of fused-ring (bicyclic) bond motifs is 1. The molecule has 0 saturated carbocycles. The first-order chi connectivity index (χ1) is 15.2. The molecule has 0 radical (unpaired) electrons. The lowest BCUT2D eigenvalue weighted by molar-refractivity contribution is -0.135. The number of amides is 1. The third kappa shape index (κ3) is 4.78. The normalized spacial score (nSPS) is 13.0. The standard InChI is InChI=1S/C24H25N3O4/c1-29-20-10-8-18(14-21(20)30-2)15-25-22-11-9-19-12-13-27(24(28)23(19)26-22)31-16-17-6-4-3-5-7-17/h3-11,14H,12-13,15-16H2,1-2H3,(H,25,26). The fourth-order valence-corrected chi connectivity index (χ4v) is 3.45. The Kier molecular flexibility index (Phi) is 6.33. The quantitative estimate of drug-likeness (QED) is 0.598. The lowest BCUT2D eigenvalue weighted by Gasteiger charge is -2.27. The molecule has 7 nitrogen and oxygen atoms in total. The average Bonchev–Trinajstić information content (AvgIpc) is 2.83. The molecule has 3 aromatic rings. The summed E-state index contributed by atoms with van der Waals surface area (Å²) in [5.74, 6) is 1.76. The van der Waals surface area contributed by atoms with E-state index in [1.165, 1.54) is 5.06 Å². The van der Waals surface area contributed by atoms with Gasteiger partial charge in [-0.05, 0) is 41.3 Å². The van der Waals surface area contributed by atoms with E-state index in [9.17, 15) is 4.79 Å². The summed E-state index contributed by atoms with van der Waals surface area (Å²) < 4.78 is 10.6. The van der Waals surface area contributed by atoms with E-state index < -0.39 is 0 Å². The SMILES string of the molecule is COc1ccc(CNc2ccc3c(n2)C(=O)N(OCc2ccccc2)CC3)cc1OC. The minimum Gasteiger partial charge on any atom is -0.493 e. The second-order valence-corrected chi connectivity index (χ2v) is 7.16. The lowest BCUT2D eigenvalue weighted by atomic mass is 10.1. The number of methoxy groups -OCH3 is 2. The first-order valence-electron chi connectivity index (χ1n) is 10.1. The molecule has 4 rings (SSSR count). The van der Waals surface area contributed by atoms with Crippen LogP contribution in [-0.4, -0.2) is 36.7 Å². The fourth-order valence-electron chi connectivity index (χ4n) is 3.45. The maximum Gasteiger partial charge on any atom is 0.296 e. The molecule has 160 valence electrons. The number of carbonyl (C=O) groups is 1. The van der Waals surface area contributed by atoms with Crippen LogP contribution in [-0.2, 0) is 24.4 Å². The van der Waals surface area contributed by atoms with Crippen LogP contribution in [0, 0.1) is 0 Å². The summed E-state index contributed by atoms with van der Waals surface area (Å²) in [5, 5.41) is 4.68. The molecule has 1 N–H and O–H groups in total. The third-order valence-corrected chi connectivity index (χ3v) is 5.14. The number of anilines is 1. The van der Waals surface area contributed by atoms with Crippen LogP contribution in [0.4, 0.5) is 5.82 Å². The number of nitrogens with one attached hydrogen (secondary N) is 1. The molecule has 2 aromatic carbocycles. The van der Waals surface area contributed by atoms with Crippen molar-refractivity contribution >= 4 is 11.7 Å². The van der Waals surface area contributed by atoms with Crippen LogP contribution in [0.2, 0.25) is 0 Å². The van der Waals surface area contributed by atoms with E-state index in [2.05, 4.69) is 10.3 Å². The molecule has 31 heavy (non-hydrogen) atoms. The van der Waals surface area contributed by atoms with Gasteiger partial charge in [0.15, 0.2) is 11.5 Å². The maximum absolute atomic E-state index is 12.9. The van der Waals surface area contributed by atoms with Gasteiger partial charge in [-0.1, -0.05) is 42.5 Å². The second kappa shape index (κ2) is 9.49. The molecular formula is C24H25N3O4. The first-order valence-corrected chi connectivity index (χ1v) is 10.1. The van der Waals surface area contributed by atoms with Crippen molar-refractivity contribution in [3.05, 3.63) is 83.0 Å². The van der Waals surface area contributed by atoms with Gasteiger partial charge in [0.2, 0.25) is 0 Å². The number of hydroxylamine groups is 2. The van der Waals surface area contributed by atoms with Crippen molar-refractivity contribution in [1.29, 1.82) is 0 Å². The lowest BCUT2D eigenvalue weighted by Crippen LogP contribution is -2.38. The van der Waals surface area contributed by atoms with Crippen LogP contribution in [0.15, 0.2) is 60.7 Å². The number of aromatic nitrogens is 1. The maximum atomic E-state index is 12.9. The van der Waals surface area contributed by atoms with E-state index in [1.807, 2.05) is 60.7 Å². The van der Waals surface area contributed by atoms with E-state index in [0.717, 1.165) is 16.7 Å². The van der Waals surface area contributed by atoms with Crippen LogP contribution in [0.1, 0.15) is 27.2 Å². The zero-order valence-corrected chi connectivity index (χ0v) is 17.6. The van der Waals surface area contributed by atoms with Crippen LogP contribution in [0.25, 0.3) is 0 Å². The molecule has 1 aromatic heterocycles. The zero-order valence-electron chi connectivity index (χ0n) is 17.6. The van der Waals surface area contributed by atoms with Gasteiger partial charge < -0.3 is 14.8 Å². The summed E-state index contributed by atoms with van der Waals surface area (Å²) in [7, 11) is 3.22. The Balaban J connectivity index is 1.42. The van der Waals surface area contributed by atoms with E-state index in [1.54, 1.807) is 14.2 Å². The van der Waals surface area contributed by atoms with E-state index in [4.69, 9.17) is 14.3 Å². The minimum absolute atomic E-state index is 0.216. The summed E-state index contributed by atoms with van der Waals surface area (Å²) in [5.41, 5.74) is 3.38. The van der Waals surface area contributed by atoms with E-state index in [-0.39, 0.29) is 5.91 Å². The Labute approximate surface area is 181 Å². The van der Waals surface area contributed by atoms with Crippen molar-refractivity contribution < 1.29 is 19.1 Å². The van der Waals surface area contributed by atoms with Gasteiger partial charge in [0.25, 0.3) is 5.91 Å². The molecule has 0 bridgehead atoms. The monoisotopic (exact) mass is 419 g/mol. The van der Waals surface area contributed by atoms with Gasteiger partial charge in [0, 0.05) is 6.54 Å². The highest BCUT2D eigenvalue weighted by molar-refractivity contribution is 5.94. The molecule has 0 saturated heterocycles.